The molecule has 2 aromatic rings. The SMILES string of the molecule is O[C@@H](COc1ccc(F)cc1)CN1CCN(Cc2ccccc2)CC1. The van der Waals surface area contributed by atoms with Crippen molar-refractivity contribution in [3.8, 4) is 5.75 Å². The number of nitrogens with zero attached hydrogens (tertiary/aromatic N) is 2. The van der Waals surface area contributed by atoms with E-state index in [9.17, 15) is 9.50 Å². The Hall–Kier alpha value is -1.95. The highest BCUT2D eigenvalue weighted by Gasteiger charge is 2.19. The van der Waals surface area contributed by atoms with Crippen LogP contribution in [0.3, 0.4) is 0 Å². The Morgan fingerprint density at radius 2 is 1.56 bits per heavy atom. The lowest BCUT2D eigenvalue weighted by molar-refractivity contribution is 0.0446. The van der Waals surface area contributed by atoms with Crippen molar-refractivity contribution in [2.24, 2.45) is 0 Å². The molecule has 1 saturated heterocycles. The van der Waals surface area contributed by atoms with Crippen LogP contribution in [0.1, 0.15) is 5.56 Å². The van der Waals surface area contributed by atoms with E-state index < -0.39 is 6.10 Å². The number of rotatable bonds is 7. The zero-order valence-electron chi connectivity index (χ0n) is 14.4. The number of aliphatic hydroxyl groups is 1. The van der Waals surface area contributed by atoms with E-state index in [-0.39, 0.29) is 12.4 Å². The number of aliphatic hydroxyl groups excluding tert-OH is 1. The molecule has 1 N–H and O–H groups in total. The lowest BCUT2D eigenvalue weighted by atomic mass is 10.2. The van der Waals surface area contributed by atoms with Crippen LogP contribution in [0.2, 0.25) is 0 Å². The Morgan fingerprint density at radius 1 is 0.920 bits per heavy atom. The zero-order chi connectivity index (χ0) is 17.5. The van der Waals surface area contributed by atoms with Crippen LogP contribution in [0.5, 0.6) is 5.75 Å². The summed E-state index contributed by atoms with van der Waals surface area (Å²) in [6.07, 6.45) is -0.550. The smallest absolute Gasteiger partial charge is 0.123 e. The van der Waals surface area contributed by atoms with E-state index in [4.69, 9.17) is 4.74 Å². The molecule has 0 aliphatic carbocycles. The fraction of sp³-hybridized carbons (Fsp3) is 0.400. The van der Waals surface area contributed by atoms with Crippen molar-refractivity contribution in [2.75, 3.05) is 39.3 Å². The topological polar surface area (TPSA) is 35.9 Å². The molecule has 4 nitrogen and oxygen atoms in total. The quantitative estimate of drug-likeness (QED) is 0.837. The number of ether oxygens (including phenoxy) is 1. The summed E-state index contributed by atoms with van der Waals surface area (Å²) >= 11 is 0. The van der Waals surface area contributed by atoms with Crippen molar-refractivity contribution in [2.45, 2.75) is 12.6 Å². The molecular formula is C20H25FN2O2. The molecule has 0 saturated carbocycles. The van der Waals surface area contributed by atoms with E-state index in [1.807, 2.05) is 6.07 Å². The maximum absolute atomic E-state index is 12.8. The molecule has 2 aromatic carbocycles. The number of hydrogen-bond donors (Lipinski definition) is 1. The Kier molecular flexibility index (Phi) is 6.39. The molecule has 1 atom stereocenters. The van der Waals surface area contributed by atoms with Gasteiger partial charge in [-0.1, -0.05) is 30.3 Å². The first-order chi connectivity index (χ1) is 12.2. The van der Waals surface area contributed by atoms with Crippen molar-refractivity contribution in [1.29, 1.82) is 0 Å². The largest absolute Gasteiger partial charge is 0.491 e. The number of piperazine rings is 1. The highest BCUT2D eigenvalue weighted by atomic mass is 19.1. The molecule has 0 spiro atoms. The van der Waals surface area contributed by atoms with Crippen LogP contribution in [0.25, 0.3) is 0 Å². The fourth-order valence-electron chi connectivity index (χ4n) is 3.05. The number of hydrogen-bond acceptors (Lipinski definition) is 4. The van der Waals surface area contributed by atoms with Gasteiger partial charge in [-0.3, -0.25) is 9.80 Å². The summed E-state index contributed by atoms with van der Waals surface area (Å²) in [6, 6.07) is 16.4. The molecule has 1 heterocycles. The summed E-state index contributed by atoms with van der Waals surface area (Å²) in [5.74, 6) is 0.286. The second kappa shape index (κ2) is 8.94. The van der Waals surface area contributed by atoms with E-state index in [1.54, 1.807) is 12.1 Å². The molecule has 134 valence electrons. The summed E-state index contributed by atoms with van der Waals surface area (Å²) in [7, 11) is 0. The fourth-order valence-corrected chi connectivity index (χ4v) is 3.05. The monoisotopic (exact) mass is 344 g/mol. The molecule has 1 fully saturated rings. The Bertz CT molecular complexity index is 628. The lowest BCUT2D eigenvalue weighted by Gasteiger charge is -2.35. The van der Waals surface area contributed by atoms with Gasteiger partial charge in [0.2, 0.25) is 0 Å². The molecular weight excluding hydrogens is 319 g/mol. The Morgan fingerprint density at radius 3 is 2.24 bits per heavy atom. The average Bonchev–Trinajstić information content (AvgIpc) is 2.64. The van der Waals surface area contributed by atoms with Gasteiger partial charge in [0.1, 0.15) is 24.3 Å². The van der Waals surface area contributed by atoms with Gasteiger partial charge in [0, 0.05) is 39.3 Å². The number of benzene rings is 2. The molecule has 1 aliphatic rings. The molecule has 3 rings (SSSR count). The second-order valence-electron chi connectivity index (χ2n) is 6.48. The third-order valence-electron chi connectivity index (χ3n) is 4.44. The van der Waals surface area contributed by atoms with E-state index >= 15 is 0 Å². The Labute approximate surface area is 148 Å². The van der Waals surface area contributed by atoms with Crippen LogP contribution in [0.15, 0.2) is 54.6 Å². The molecule has 25 heavy (non-hydrogen) atoms. The number of halogens is 1. The summed E-state index contributed by atoms with van der Waals surface area (Å²) in [5, 5.41) is 10.2. The average molecular weight is 344 g/mol. The van der Waals surface area contributed by atoms with Gasteiger partial charge in [-0.25, -0.2) is 4.39 Å². The van der Waals surface area contributed by atoms with Gasteiger partial charge in [-0.05, 0) is 29.8 Å². The van der Waals surface area contributed by atoms with Crippen molar-refractivity contribution >= 4 is 0 Å². The predicted octanol–water partition coefficient (Wildman–Crippen LogP) is 2.38. The first kappa shape index (κ1) is 17.9. The highest BCUT2D eigenvalue weighted by Crippen LogP contribution is 2.12. The minimum Gasteiger partial charge on any atom is -0.491 e. The minimum atomic E-state index is -0.550. The molecule has 5 heteroatoms. The van der Waals surface area contributed by atoms with Gasteiger partial charge >= 0.3 is 0 Å². The summed E-state index contributed by atoms with van der Waals surface area (Å²) in [4.78, 5) is 4.70. The second-order valence-corrected chi connectivity index (χ2v) is 6.48. The van der Waals surface area contributed by atoms with Gasteiger partial charge in [-0.15, -0.1) is 0 Å². The van der Waals surface area contributed by atoms with Crippen LogP contribution in [-0.4, -0.2) is 60.3 Å². The summed E-state index contributed by atoms with van der Waals surface area (Å²) in [5.41, 5.74) is 1.34. The molecule has 0 amide bonds. The van der Waals surface area contributed by atoms with Crippen LogP contribution >= 0.6 is 0 Å². The van der Waals surface area contributed by atoms with Gasteiger partial charge in [0.25, 0.3) is 0 Å². The van der Waals surface area contributed by atoms with Crippen LogP contribution < -0.4 is 4.74 Å². The third kappa shape index (κ3) is 5.81. The maximum Gasteiger partial charge on any atom is 0.123 e. The van der Waals surface area contributed by atoms with Crippen LogP contribution in [-0.2, 0) is 6.54 Å². The van der Waals surface area contributed by atoms with Gasteiger partial charge in [0.05, 0.1) is 0 Å². The molecule has 0 bridgehead atoms. The van der Waals surface area contributed by atoms with Crippen molar-refractivity contribution in [3.05, 3.63) is 66.0 Å². The van der Waals surface area contributed by atoms with E-state index in [2.05, 4.69) is 34.1 Å². The van der Waals surface area contributed by atoms with Crippen LogP contribution in [0.4, 0.5) is 4.39 Å². The normalized spacial score (nSPS) is 17.4. The molecule has 0 aromatic heterocycles. The van der Waals surface area contributed by atoms with Crippen molar-refractivity contribution < 1.29 is 14.2 Å². The predicted molar refractivity (Wildman–Crippen MR) is 96.1 cm³/mol. The van der Waals surface area contributed by atoms with Gasteiger partial charge in [-0.2, -0.15) is 0 Å². The standard InChI is InChI=1S/C20H25FN2O2/c21-18-6-8-20(9-7-18)25-16-19(24)15-23-12-10-22(11-13-23)14-17-4-2-1-3-5-17/h1-9,19,24H,10-16H2/t19-/m1/s1. The first-order valence-electron chi connectivity index (χ1n) is 8.74. The summed E-state index contributed by atoms with van der Waals surface area (Å²) in [6.45, 7) is 5.68. The third-order valence-corrected chi connectivity index (χ3v) is 4.44. The highest BCUT2D eigenvalue weighted by molar-refractivity contribution is 5.22. The zero-order valence-corrected chi connectivity index (χ0v) is 14.4. The van der Waals surface area contributed by atoms with E-state index in [1.165, 1.54) is 17.7 Å². The maximum atomic E-state index is 12.8. The minimum absolute atomic E-state index is 0.218. The summed E-state index contributed by atoms with van der Waals surface area (Å²) < 4.78 is 18.4. The van der Waals surface area contributed by atoms with Crippen molar-refractivity contribution in [3.63, 3.8) is 0 Å². The molecule has 1 aliphatic heterocycles. The Balaban J connectivity index is 1.36. The van der Waals surface area contributed by atoms with Crippen molar-refractivity contribution in [1.82, 2.24) is 9.80 Å². The van der Waals surface area contributed by atoms with E-state index in [0.717, 1.165) is 32.7 Å². The van der Waals surface area contributed by atoms with Gasteiger partial charge < -0.3 is 9.84 Å². The van der Waals surface area contributed by atoms with Gasteiger partial charge in [0.15, 0.2) is 0 Å². The van der Waals surface area contributed by atoms with E-state index in [0.29, 0.717) is 12.3 Å². The van der Waals surface area contributed by atoms with Crippen LogP contribution in [0, 0.1) is 5.82 Å². The molecule has 0 unspecified atom stereocenters. The lowest BCUT2D eigenvalue weighted by Crippen LogP contribution is -2.48. The molecule has 0 radical (unpaired) electrons. The first-order valence-corrected chi connectivity index (χ1v) is 8.74. The number of β-amino-alcohol motifs (C(OH)–C–C–N with tert-alkyl or cyclic N) is 1.